The lowest BCUT2D eigenvalue weighted by atomic mass is 10.1. The minimum atomic E-state index is -0.521. The number of nitrogens with zero attached hydrogens (tertiary/aromatic N) is 2. The van der Waals surface area contributed by atoms with Crippen molar-refractivity contribution in [1.82, 2.24) is 15.3 Å². The molecule has 4 rings (SSSR count). The Hall–Kier alpha value is -3.73. The molecule has 0 atom stereocenters. The third kappa shape index (κ3) is 3.99. The van der Waals surface area contributed by atoms with Gasteiger partial charge in [-0.2, -0.15) is 0 Å². The van der Waals surface area contributed by atoms with Crippen molar-refractivity contribution in [3.8, 4) is 5.75 Å². The number of carbonyl (C=O) groups is 2. The van der Waals surface area contributed by atoms with E-state index in [1.165, 1.54) is 18.4 Å². The predicted octanol–water partition coefficient (Wildman–Crippen LogP) is 1.92. The molecule has 0 aliphatic carbocycles. The van der Waals surface area contributed by atoms with E-state index >= 15 is 0 Å². The molecule has 0 unspecified atom stereocenters. The Balaban J connectivity index is 1.56. The highest BCUT2D eigenvalue weighted by Crippen LogP contribution is 2.29. The van der Waals surface area contributed by atoms with E-state index in [-0.39, 0.29) is 24.9 Å². The number of aromatic nitrogens is 2. The van der Waals surface area contributed by atoms with Gasteiger partial charge in [0.2, 0.25) is 5.82 Å². The lowest BCUT2D eigenvalue weighted by molar-refractivity contribution is -0.118. The van der Waals surface area contributed by atoms with Gasteiger partial charge in [-0.15, -0.1) is 11.3 Å². The van der Waals surface area contributed by atoms with Crippen LogP contribution in [0.15, 0.2) is 28.1 Å². The van der Waals surface area contributed by atoms with Gasteiger partial charge in [0, 0.05) is 6.54 Å². The van der Waals surface area contributed by atoms with E-state index < -0.39 is 11.5 Å². The first-order valence-electron chi connectivity index (χ1n) is 9.32. The lowest BCUT2D eigenvalue weighted by Gasteiger charge is -2.18. The Labute approximate surface area is 180 Å². The SMILES string of the molecule is CON=C(C)c1sc2nc(C(=O)NCc3ccc4c(c3)NC(=O)CO4)[nH]c(=O)c2c1C. The number of hydrogen-bond donors (Lipinski definition) is 3. The van der Waals surface area contributed by atoms with Gasteiger partial charge in [-0.1, -0.05) is 11.2 Å². The molecular weight excluding hydrogens is 422 g/mol. The first-order valence-corrected chi connectivity index (χ1v) is 10.1. The van der Waals surface area contributed by atoms with Crippen LogP contribution < -0.4 is 20.9 Å². The number of rotatable bonds is 5. The second kappa shape index (κ2) is 8.19. The Bertz CT molecular complexity index is 1290. The highest BCUT2D eigenvalue weighted by molar-refractivity contribution is 7.20. The third-order valence-electron chi connectivity index (χ3n) is 4.70. The molecule has 0 bridgehead atoms. The molecule has 31 heavy (non-hydrogen) atoms. The molecule has 1 aromatic carbocycles. The summed E-state index contributed by atoms with van der Waals surface area (Å²) in [5, 5.41) is 9.78. The maximum absolute atomic E-state index is 12.6. The zero-order chi connectivity index (χ0) is 22.1. The van der Waals surface area contributed by atoms with Crippen LogP contribution in [0.25, 0.3) is 10.2 Å². The van der Waals surface area contributed by atoms with Crippen LogP contribution in [0, 0.1) is 6.92 Å². The van der Waals surface area contributed by atoms with Crippen LogP contribution in [-0.4, -0.2) is 41.2 Å². The number of amides is 2. The molecule has 1 aliphatic rings. The fourth-order valence-electron chi connectivity index (χ4n) is 3.28. The number of oxime groups is 1. The van der Waals surface area contributed by atoms with Gasteiger partial charge in [-0.05, 0) is 37.1 Å². The number of H-pyrrole nitrogens is 1. The molecule has 10 nitrogen and oxygen atoms in total. The van der Waals surface area contributed by atoms with E-state index in [4.69, 9.17) is 9.57 Å². The lowest BCUT2D eigenvalue weighted by Crippen LogP contribution is -2.28. The van der Waals surface area contributed by atoms with Gasteiger partial charge in [0.15, 0.2) is 6.61 Å². The molecule has 3 aromatic rings. The number of benzene rings is 1. The van der Waals surface area contributed by atoms with Crippen LogP contribution in [0.3, 0.4) is 0 Å². The summed E-state index contributed by atoms with van der Waals surface area (Å²) in [5.41, 5.74) is 2.26. The molecule has 11 heteroatoms. The quantitative estimate of drug-likeness (QED) is 0.409. The van der Waals surface area contributed by atoms with E-state index in [1.807, 2.05) is 0 Å². The number of carbonyl (C=O) groups excluding carboxylic acids is 2. The molecule has 0 radical (unpaired) electrons. The normalized spacial score (nSPS) is 13.4. The fourth-order valence-corrected chi connectivity index (χ4v) is 4.40. The summed E-state index contributed by atoms with van der Waals surface area (Å²) < 4.78 is 5.32. The van der Waals surface area contributed by atoms with Crippen molar-refractivity contribution in [3.05, 3.63) is 50.4 Å². The zero-order valence-corrected chi connectivity index (χ0v) is 17.8. The summed E-state index contributed by atoms with van der Waals surface area (Å²) >= 11 is 1.27. The summed E-state index contributed by atoms with van der Waals surface area (Å²) in [6, 6.07) is 5.23. The Morgan fingerprint density at radius 2 is 2.19 bits per heavy atom. The monoisotopic (exact) mass is 441 g/mol. The summed E-state index contributed by atoms with van der Waals surface area (Å²) in [6.07, 6.45) is 0. The van der Waals surface area contributed by atoms with Crippen molar-refractivity contribution >= 4 is 44.8 Å². The number of fused-ring (bicyclic) bond motifs is 2. The van der Waals surface area contributed by atoms with Crippen molar-refractivity contribution in [3.63, 3.8) is 0 Å². The van der Waals surface area contributed by atoms with Gasteiger partial charge in [0.05, 0.1) is 21.7 Å². The molecule has 0 fully saturated rings. The molecule has 160 valence electrons. The number of nitrogens with one attached hydrogen (secondary N) is 3. The highest BCUT2D eigenvalue weighted by Gasteiger charge is 2.19. The number of thiophene rings is 1. The molecular formula is C20H19N5O5S. The minimum Gasteiger partial charge on any atom is -0.482 e. The predicted molar refractivity (Wildman–Crippen MR) is 116 cm³/mol. The van der Waals surface area contributed by atoms with E-state index in [9.17, 15) is 14.4 Å². The average molecular weight is 441 g/mol. The summed E-state index contributed by atoms with van der Waals surface area (Å²) in [6.45, 7) is 3.73. The Morgan fingerprint density at radius 1 is 1.39 bits per heavy atom. The molecule has 2 aromatic heterocycles. The van der Waals surface area contributed by atoms with Gasteiger partial charge in [-0.25, -0.2) is 4.98 Å². The maximum atomic E-state index is 12.6. The van der Waals surface area contributed by atoms with E-state index in [1.54, 1.807) is 32.0 Å². The first-order chi connectivity index (χ1) is 14.9. The highest BCUT2D eigenvalue weighted by atomic mass is 32.1. The van der Waals surface area contributed by atoms with E-state index in [0.29, 0.717) is 27.4 Å². The van der Waals surface area contributed by atoms with Crippen molar-refractivity contribution in [2.45, 2.75) is 20.4 Å². The number of ether oxygens (including phenoxy) is 1. The molecule has 0 saturated carbocycles. The number of aryl methyl sites for hydroxylation is 1. The largest absolute Gasteiger partial charge is 0.482 e. The molecule has 3 heterocycles. The molecule has 1 aliphatic heterocycles. The van der Waals surface area contributed by atoms with Crippen LogP contribution in [0.5, 0.6) is 5.75 Å². The van der Waals surface area contributed by atoms with Gasteiger partial charge >= 0.3 is 0 Å². The van der Waals surface area contributed by atoms with Crippen LogP contribution in [0.1, 0.15) is 33.5 Å². The summed E-state index contributed by atoms with van der Waals surface area (Å²) in [4.78, 5) is 49.6. The number of hydrogen-bond acceptors (Lipinski definition) is 8. The summed E-state index contributed by atoms with van der Waals surface area (Å²) in [5.74, 6) is -0.268. The Morgan fingerprint density at radius 3 is 2.97 bits per heavy atom. The minimum absolute atomic E-state index is 0.0225. The molecule has 3 N–H and O–H groups in total. The molecule has 2 amide bonds. The molecule has 0 spiro atoms. The second-order valence-corrected chi connectivity index (χ2v) is 7.86. The molecule has 0 saturated heterocycles. The van der Waals surface area contributed by atoms with Crippen molar-refractivity contribution < 1.29 is 19.2 Å². The second-order valence-electron chi connectivity index (χ2n) is 6.86. The fraction of sp³-hybridized carbons (Fsp3) is 0.250. The van der Waals surface area contributed by atoms with Gasteiger partial charge < -0.3 is 25.2 Å². The van der Waals surface area contributed by atoms with Crippen molar-refractivity contribution in [1.29, 1.82) is 0 Å². The first kappa shape index (κ1) is 20.5. The van der Waals surface area contributed by atoms with Crippen LogP contribution in [0.4, 0.5) is 5.69 Å². The smallest absolute Gasteiger partial charge is 0.287 e. The number of anilines is 1. The Kier molecular flexibility index (Phi) is 5.42. The van der Waals surface area contributed by atoms with Crippen LogP contribution >= 0.6 is 11.3 Å². The van der Waals surface area contributed by atoms with Gasteiger partial charge in [0.1, 0.15) is 17.7 Å². The number of aromatic amines is 1. The van der Waals surface area contributed by atoms with Gasteiger partial charge in [0.25, 0.3) is 17.4 Å². The van der Waals surface area contributed by atoms with E-state index in [2.05, 4.69) is 25.8 Å². The third-order valence-corrected chi connectivity index (χ3v) is 6.00. The summed E-state index contributed by atoms with van der Waals surface area (Å²) in [7, 11) is 1.45. The standard InChI is InChI=1S/C20H19N5O5S/c1-9-15-18(27)23-17(24-20(15)31-16(9)10(2)25-29-3)19(28)21-7-11-4-5-13-12(6-11)22-14(26)8-30-13/h4-6H,7-8H2,1-3H3,(H,21,28)(H,22,26)(H,23,24,27). The van der Waals surface area contributed by atoms with Crippen molar-refractivity contribution in [2.75, 3.05) is 19.0 Å². The zero-order valence-electron chi connectivity index (χ0n) is 17.0. The van der Waals surface area contributed by atoms with Crippen molar-refractivity contribution in [2.24, 2.45) is 5.16 Å². The van der Waals surface area contributed by atoms with Gasteiger partial charge in [-0.3, -0.25) is 14.4 Å². The average Bonchev–Trinajstić information content (AvgIpc) is 3.08. The maximum Gasteiger partial charge on any atom is 0.287 e. The topological polar surface area (TPSA) is 135 Å². The van der Waals surface area contributed by atoms with E-state index in [0.717, 1.165) is 16.0 Å². The van der Waals surface area contributed by atoms with Crippen LogP contribution in [-0.2, 0) is 16.2 Å². The van der Waals surface area contributed by atoms with Crippen LogP contribution in [0.2, 0.25) is 0 Å².